The summed E-state index contributed by atoms with van der Waals surface area (Å²) in [5.41, 5.74) is 1.78. The van der Waals surface area contributed by atoms with Crippen molar-refractivity contribution in [1.82, 2.24) is 9.78 Å². The molecule has 3 rings (SSSR count). The molecule has 1 aromatic heterocycles. The van der Waals surface area contributed by atoms with Crippen molar-refractivity contribution >= 4 is 46.9 Å². The standard InChI is InChI=1S/C19H17N3OS3/c1-2-13-21(15-9-5-3-6-10-15)17(23)14-25-18-20-22(19(24)26-18)16-11-7-4-8-12-16/h2-12H,1,13-14H2. The zero-order chi connectivity index (χ0) is 18.4. The molecule has 0 spiro atoms. The number of nitrogens with zero attached hydrogens (tertiary/aromatic N) is 3. The lowest BCUT2D eigenvalue weighted by Gasteiger charge is -2.20. The molecule has 4 nitrogen and oxygen atoms in total. The second kappa shape index (κ2) is 8.93. The number of carbonyl (C=O) groups is 1. The van der Waals surface area contributed by atoms with Crippen LogP contribution in [0.2, 0.25) is 0 Å². The van der Waals surface area contributed by atoms with Gasteiger partial charge in [-0.2, -0.15) is 0 Å². The van der Waals surface area contributed by atoms with Crippen molar-refractivity contribution in [1.29, 1.82) is 0 Å². The summed E-state index contributed by atoms with van der Waals surface area (Å²) in [7, 11) is 0. The number of amides is 1. The molecule has 0 saturated heterocycles. The normalized spacial score (nSPS) is 10.5. The van der Waals surface area contributed by atoms with E-state index in [1.54, 1.807) is 15.7 Å². The van der Waals surface area contributed by atoms with E-state index in [-0.39, 0.29) is 5.91 Å². The van der Waals surface area contributed by atoms with Gasteiger partial charge in [0.2, 0.25) is 5.91 Å². The van der Waals surface area contributed by atoms with Gasteiger partial charge in [-0.15, -0.1) is 11.7 Å². The van der Waals surface area contributed by atoms with Gasteiger partial charge in [0, 0.05) is 12.2 Å². The van der Waals surface area contributed by atoms with Crippen LogP contribution in [-0.4, -0.2) is 28.0 Å². The van der Waals surface area contributed by atoms with E-state index >= 15 is 0 Å². The Labute approximate surface area is 165 Å². The predicted octanol–water partition coefficient (Wildman–Crippen LogP) is 4.97. The van der Waals surface area contributed by atoms with Gasteiger partial charge < -0.3 is 4.90 Å². The Bertz CT molecular complexity index is 935. The van der Waals surface area contributed by atoms with Crippen molar-refractivity contribution in [2.45, 2.75) is 4.34 Å². The number of carbonyl (C=O) groups excluding carboxylic acids is 1. The fourth-order valence-electron chi connectivity index (χ4n) is 2.34. The third kappa shape index (κ3) is 4.49. The van der Waals surface area contributed by atoms with E-state index in [1.165, 1.54) is 23.1 Å². The topological polar surface area (TPSA) is 38.1 Å². The Balaban J connectivity index is 1.71. The molecule has 132 valence electrons. The molecule has 1 amide bonds. The number of thioether (sulfide) groups is 1. The number of rotatable bonds is 7. The van der Waals surface area contributed by atoms with E-state index in [2.05, 4.69) is 11.7 Å². The van der Waals surface area contributed by atoms with Gasteiger partial charge in [-0.25, -0.2) is 4.68 Å². The summed E-state index contributed by atoms with van der Waals surface area (Å²) in [6, 6.07) is 19.3. The first kappa shape index (κ1) is 18.6. The Morgan fingerprint density at radius 3 is 2.50 bits per heavy atom. The SMILES string of the molecule is C=CCN(C(=O)CSc1nn(-c2ccccc2)c(=S)s1)c1ccccc1. The average molecular weight is 400 g/mol. The summed E-state index contributed by atoms with van der Waals surface area (Å²) in [6.45, 7) is 4.22. The summed E-state index contributed by atoms with van der Waals surface area (Å²) in [6.07, 6.45) is 1.73. The van der Waals surface area contributed by atoms with Crippen LogP contribution in [0.1, 0.15) is 0 Å². The Morgan fingerprint density at radius 1 is 1.19 bits per heavy atom. The Hall–Kier alpha value is -2.22. The van der Waals surface area contributed by atoms with Crippen molar-refractivity contribution in [3.63, 3.8) is 0 Å². The van der Waals surface area contributed by atoms with Crippen molar-refractivity contribution < 1.29 is 4.79 Å². The van der Waals surface area contributed by atoms with Gasteiger partial charge in [-0.3, -0.25) is 4.79 Å². The van der Waals surface area contributed by atoms with Crippen molar-refractivity contribution in [2.75, 3.05) is 17.2 Å². The van der Waals surface area contributed by atoms with Gasteiger partial charge in [0.25, 0.3) is 0 Å². The second-order valence-corrected chi connectivity index (χ2v) is 8.14. The van der Waals surface area contributed by atoms with Gasteiger partial charge in [0.15, 0.2) is 8.29 Å². The van der Waals surface area contributed by atoms with Crippen LogP contribution in [0.15, 0.2) is 77.7 Å². The molecule has 3 aromatic rings. The molecule has 0 saturated carbocycles. The monoisotopic (exact) mass is 399 g/mol. The van der Waals surface area contributed by atoms with Crippen LogP contribution in [-0.2, 0) is 4.79 Å². The Kier molecular flexibility index (Phi) is 6.38. The molecular formula is C19H17N3OS3. The summed E-state index contributed by atoms with van der Waals surface area (Å²) in [4.78, 5) is 14.4. The summed E-state index contributed by atoms with van der Waals surface area (Å²) >= 11 is 8.21. The van der Waals surface area contributed by atoms with Crippen LogP contribution < -0.4 is 4.90 Å². The molecular weight excluding hydrogens is 382 g/mol. The third-order valence-electron chi connectivity index (χ3n) is 3.53. The highest BCUT2D eigenvalue weighted by Gasteiger charge is 2.16. The molecule has 0 atom stereocenters. The zero-order valence-corrected chi connectivity index (χ0v) is 16.4. The van der Waals surface area contributed by atoms with E-state index in [0.717, 1.165) is 15.7 Å². The quantitative estimate of drug-likeness (QED) is 0.319. The van der Waals surface area contributed by atoms with Crippen LogP contribution >= 0.6 is 35.3 Å². The molecule has 0 unspecified atom stereocenters. The molecule has 0 aliphatic carbocycles. The summed E-state index contributed by atoms with van der Waals surface area (Å²) < 4.78 is 3.17. The van der Waals surface area contributed by atoms with E-state index in [4.69, 9.17) is 12.2 Å². The lowest BCUT2D eigenvalue weighted by atomic mass is 10.3. The molecule has 0 bridgehead atoms. The minimum Gasteiger partial charge on any atom is -0.308 e. The lowest BCUT2D eigenvalue weighted by Crippen LogP contribution is -2.32. The number of para-hydroxylation sites is 2. The van der Waals surface area contributed by atoms with Crippen LogP contribution in [0.3, 0.4) is 0 Å². The maximum atomic E-state index is 12.7. The molecule has 0 aliphatic rings. The van der Waals surface area contributed by atoms with E-state index in [0.29, 0.717) is 16.3 Å². The van der Waals surface area contributed by atoms with Gasteiger partial charge in [0.1, 0.15) is 0 Å². The van der Waals surface area contributed by atoms with Crippen LogP contribution in [0.25, 0.3) is 5.69 Å². The van der Waals surface area contributed by atoms with E-state index in [1.807, 2.05) is 60.7 Å². The van der Waals surface area contributed by atoms with Crippen molar-refractivity contribution in [3.8, 4) is 5.69 Å². The highest BCUT2D eigenvalue weighted by molar-refractivity contribution is 8.01. The number of hydrogen-bond acceptors (Lipinski definition) is 5. The first-order chi connectivity index (χ1) is 12.7. The van der Waals surface area contributed by atoms with Crippen molar-refractivity contribution in [2.24, 2.45) is 0 Å². The molecule has 26 heavy (non-hydrogen) atoms. The lowest BCUT2D eigenvalue weighted by molar-refractivity contribution is -0.116. The smallest absolute Gasteiger partial charge is 0.237 e. The van der Waals surface area contributed by atoms with Gasteiger partial charge in [0.05, 0.1) is 11.4 Å². The number of hydrogen-bond donors (Lipinski definition) is 0. The highest BCUT2D eigenvalue weighted by Crippen LogP contribution is 2.25. The fourth-order valence-corrected chi connectivity index (χ4v) is 4.58. The second-order valence-electron chi connectivity index (χ2n) is 5.30. The van der Waals surface area contributed by atoms with Gasteiger partial charge in [-0.05, 0) is 36.5 Å². The molecule has 2 aromatic carbocycles. The number of aromatic nitrogens is 2. The first-order valence-corrected chi connectivity index (χ1v) is 10.1. The van der Waals surface area contributed by atoms with E-state index < -0.39 is 0 Å². The molecule has 0 aliphatic heterocycles. The third-order valence-corrected chi connectivity index (χ3v) is 5.88. The maximum absolute atomic E-state index is 12.7. The summed E-state index contributed by atoms with van der Waals surface area (Å²) in [5, 5.41) is 4.53. The fraction of sp³-hybridized carbons (Fsp3) is 0.105. The molecule has 0 radical (unpaired) electrons. The van der Waals surface area contributed by atoms with Crippen LogP contribution in [0.5, 0.6) is 0 Å². The maximum Gasteiger partial charge on any atom is 0.237 e. The van der Waals surface area contributed by atoms with Crippen molar-refractivity contribution in [3.05, 3.63) is 77.3 Å². The minimum absolute atomic E-state index is 0.00785. The van der Waals surface area contributed by atoms with Crippen LogP contribution in [0.4, 0.5) is 5.69 Å². The predicted molar refractivity (Wildman–Crippen MR) is 112 cm³/mol. The molecule has 7 heteroatoms. The highest BCUT2D eigenvalue weighted by atomic mass is 32.2. The molecule has 0 N–H and O–H groups in total. The van der Waals surface area contributed by atoms with Crippen LogP contribution in [0, 0.1) is 3.95 Å². The largest absolute Gasteiger partial charge is 0.308 e. The molecule has 0 fully saturated rings. The average Bonchev–Trinajstić information content (AvgIpc) is 3.06. The van der Waals surface area contributed by atoms with E-state index in [9.17, 15) is 4.79 Å². The summed E-state index contributed by atoms with van der Waals surface area (Å²) in [5.74, 6) is 0.299. The zero-order valence-electron chi connectivity index (χ0n) is 13.9. The Morgan fingerprint density at radius 2 is 1.85 bits per heavy atom. The molecule has 1 heterocycles. The van der Waals surface area contributed by atoms with Gasteiger partial charge in [-0.1, -0.05) is 65.6 Å². The number of benzene rings is 2. The number of anilines is 1. The minimum atomic E-state index is 0.00785. The first-order valence-electron chi connectivity index (χ1n) is 7.93. The van der Waals surface area contributed by atoms with Gasteiger partial charge >= 0.3 is 0 Å².